The van der Waals surface area contributed by atoms with Crippen molar-refractivity contribution in [3.05, 3.63) is 41.2 Å². The van der Waals surface area contributed by atoms with Gasteiger partial charge in [-0.1, -0.05) is 0 Å². The second-order valence-corrected chi connectivity index (χ2v) is 5.51. The van der Waals surface area contributed by atoms with Crippen LogP contribution in [0.5, 0.6) is 5.75 Å². The molecule has 138 valence electrons. The maximum Gasteiger partial charge on any atom is 0.254 e. The van der Waals surface area contributed by atoms with E-state index in [1.165, 1.54) is 4.90 Å². The number of benzene rings is 1. The molecule has 0 radical (unpaired) electrons. The summed E-state index contributed by atoms with van der Waals surface area (Å²) in [4.78, 5) is 25.6. The van der Waals surface area contributed by atoms with E-state index in [0.717, 1.165) is 5.56 Å². The lowest BCUT2D eigenvalue weighted by Gasteiger charge is -2.28. The van der Waals surface area contributed by atoms with E-state index >= 15 is 0 Å². The molecule has 0 aliphatic carbocycles. The molecular formula is C17H23ClFN3O3. The van der Waals surface area contributed by atoms with Crippen LogP contribution in [0.3, 0.4) is 0 Å². The molecule has 1 aromatic carbocycles. The van der Waals surface area contributed by atoms with Crippen LogP contribution in [0.15, 0.2) is 30.1 Å². The topological polar surface area (TPSA) is 84.7 Å². The van der Waals surface area contributed by atoms with E-state index in [4.69, 9.17) is 10.5 Å². The highest BCUT2D eigenvalue weighted by atomic mass is 35.5. The molecule has 0 bridgehead atoms. The molecule has 1 heterocycles. The molecule has 0 spiro atoms. The van der Waals surface area contributed by atoms with Crippen LogP contribution in [0.2, 0.25) is 0 Å². The number of fused-ring (bicyclic) bond motifs is 1. The lowest BCUT2D eigenvalue weighted by Crippen LogP contribution is -2.44. The number of nitrogens with two attached hydrogens (primary N) is 1. The molecule has 2 amide bonds. The van der Waals surface area contributed by atoms with E-state index in [-0.39, 0.29) is 43.9 Å². The minimum atomic E-state index is -0.166. The Hall–Kier alpha value is -2.12. The van der Waals surface area contributed by atoms with Gasteiger partial charge in [-0.3, -0.25) is 9.59 Å². The van der Waals surface area contributed by atoms with Gasteiger partial charge in [0, 0.05) is 30.8 Å². The first-order chi connectivity index (χ1) is 11.6. The second kappa shape index (κ2) is 10.0. The number of carbonyl (C=O) groups excluding carboxylic acids is 2. The van der Waals surface area contributed by atoms with Gasteiger partial charge >= 0.3 is 0 Å². The first-order valence-electron chi connectivity index (χ1n) is 7.89. The number of rotatable bonds is 7. The van der Waals surface area contributed by atoms with Crippen LogP contribution in [-0.4, -0.2) is 49.5 Å². The van der Waals surface area contributed by atoms with Crippen LogP contribution in [0.4, 0.5) is 4.39 Å². The molecule has 1 aliphatic rings. The van der Waals surface area contributed by atoms with Crippen LogP contribution >= 0.6 is 12.4 Å². The number of amides is 2. The summed E-state index contributed by atoms with van der Waals surface area (Å²) in [6.45, 7) is 3.07. The summed E-state index contributed by atoms with van der Waals surface area (Å²) in [6, 6.07) is 5.12. The SMILES string of the molecule is CCNC(=O)CN1CCc2cc(OC/C(=C/F)CN)ccc2C1=O.Cl. The molecule has 0 saturated carbocycles. The van der Waals surface area contributed by atoms with E-state index in [2.05, 4.69) is 5.32 Å². The van der Waals surface area contributed by atoms with Crippen molar-refractivity contribution >= 4 is 24.2 Å². The van der Waals surface area contributed by atoms with Crippen molar-refractivity contribution in [2.24, 2.45) is 5.73 Å². The first-order valence-corrected chi connectivity index (χ1v) is 7.89. The van der Waals surface area contributed by atoms with Crippen molar-refractivity contribution in [2.75, 3.05) is 32.8 Å². The molecule has 0 atom stereocenters. The average molecular weight is 372 g/mol. The Bertz CT molecular complexity index is 652. The van der Waals surface area contributed by atoms with Gasteiger partial charge in [-0.15, -0.1) is 12.4 Å². The maximum atomic E-state index is 12.5. The Labute approximate surface area is 152 Å². The Morgan fingerprint density at radius 2 is 2.24 bits per heavy atom. The molecule has 0 aromatic heterocycles. The van der Waals surface area contributed by atoms with Gasteiger partial charge in [-0.25, -0.2) is 4.39 Å². The average Bonchev–Trinajstić information content (AvgIpc) is 2.58. The van der Waals surface area contributed by atoms with E-state index in [0.29, 0.717) is 42.7 Å². The number of carbonyl (C=O) groups is 2. The molecule has 8 heteroatoms. The molecule has 6 nitrogen and oxygen atoms in total. The third kappa shape index (κ3) is 5.44. The molecule has 0 saturated heterocycles. The standard InChI is InChI=1S/C17H22FN3O3.ClH/c1-2-20-16(22)10-21-6-5-13-7-14(3-4-15(13)17(21)23)24-11-12(8-18)9-19;/h3-4,7-8H,2,5-6,9-11,19H2,1H3,(H,20,22);1H/b12-8+;. The number of ether oxygens (including phenoxy) is 1. The van der Waals surface area contributed by atoms with Crippen molar-refractivity contribution in [1.82, 2.24) is 10.2 Å². The van der Waals surface area contributed by atoms with Crippen LogP contribution in [0, 0.1) is 0 Å². The minimum absolute atomic E-state index is 0. The third-order valence-electron chi connectivity index (χ3n) is 3.79. The van der Waals surface area contributed by atoms with Gasteiger partial charge < -0.3 is 20.7 Å². The molecule has 1 aromatic rings. The highest BCUT2D eigenvalue weighted by Crippen LogP contribution is 2.24. The van der Waals surface area contributed by atoms with Gasteiger partial charge in [-0.05, 0) is 37.1 Å². The first kappa shape index (κ1) is 20.9. The monoisotopic (exact) mass is 371 g/mol. The van der Waals surface area contributed by atoms with Crippen molar-refractivity contribution in [2.45, 2.75) is 13.3 Å². The summed E-state index contributed by atoms with van der Waals surface area (Å²) >= 11 is 0. The molecule has 0 fully saturated rings. The van der Waals surface area contributed by atoms with Crippen molar-refractivity contribution < 1.29 is 18.7 Å². The molecule has 3 N–H and O–H groups in total. The van der Waals surface area contributed by atoms with Crippen LogP contribution in [0.1, 0.15) is 22.8 Å². The van der Waals surface area contributed by atoms with Crippen molar-refractivity contribution in [1.29, 1.82) is 0 Å². The Morgan fingerprint density at radius 3 is 2.88 bits per heavy atom. The lowest BCUT2D eigenvalue weighted by atomic mass is 9.98. The predicted octanol–water partition coefficient (Wildman–Crippen LogP) is 1.43. The Morgan fingerprint density at radius 1 is 1.48 bits per heavy atom. The highest BCUT2D eigenvalue weighted by molar-refractivity contribution is 5.98. The molecule has 2 rings (SSSR count). The second-order valence-electron chi connectivity index (χ2n) is 5.51. The van der Waals surface area contributed by atoms with Crippen LogP contribution < -0.4 is 15.8 Å². The zero-order valence-corrected chi connectivity index (χ0v) is 14.9. The Kier molecular flexibility index (Phi) is 8.37. The summed E-state index contributed by atoms with van der Waals surface area (Å²) in [6.07, 6.45) is 1.08. The fourth-order valence-corrected chi connectivity index (χ4v) is 2.49. The van der Waals surface area contributed by atoms with Crippen LogP contribution in [0.25, 0.3) is 0 Å². The maximum absolute atomic E-state index is 12.5. The quantitative estimate of drug-likeness (QED) is 0.759. The van der Waals surface area contributed by atoms with Gasteiger partial charge in [0.25, 0.3) is 5.91 Å². The zero-order valence-electron chi connectivity index (χ0n) is 14.1. The largest absolute Gasteiger partial charge is 0.489 e. The summed E-state index contributed by atoms with van der Waals surface area (Å²) < 4.78 is 18.0. The highest BCUT2D eigenvalue weighted by Gasteiger charge is 2.26. The van der Waals surface area contributed by atoms with Gasteiger partial charge in [0.2, 0.25) is 5.91 Å². The number of nitrogens with zero attached hydrogens (tertiary/aromatic N) is 1. The van der Waals surface area contributed by atoms with Gasteiger partial charge in [0.1, 0.15) is 12.4 Å². The molecule has 1 aliphatic heterocycles. The van der Waals surface area contributed by atoms with Crippen LogP contribution in [-0.2, 0) is 11.2 Å². The number of hydrogen-bond donors (Lipinski definition) is 2. The Balaban J connectivity index is 0.00000312. The summed E-state index contributed by atoms with van der Waals surface area (Å²) in [7, 11) is 0. The van der Waals surface area contributed by atoms with E-state index < -0.39 is 0 Å². The molecule has 25 heavy (non-hydrogen) atoms. The van der Waals surface area contributed by atoms with Gasteiger partial charge in [-0.2, -0.15) is 0 Å². The van der Waals surface area contributed by atoms with Crippen molar-refractivity contribution in [3.8, 4) is 5.75 Å². The number of nitrogens with one attached hydrogen (secondary N) is 1. The zero-order chi connectivity index (χ0) is 17.5. The summed E-state index contributed by atoms with van der Waals surface area (Å²) in [5.74, 6) is 0.230. The lowest BCUT2D eigenvalue weighted by molar-refractivity contribution is -0.121. The van der Waals surface area contributed by atoms with E-state index in [1.54, 1.807) is 18.2 Å². The normalized spacial score (nSPS) is 13.8. The van der Waals surface area contributed by atoms with E-state index in [9.17, 15) is 14.0 Å². The molecule has 0 unspecified atom stereocenters. The van der Waals surface area contributed by atoms with Gasteiger partial charge in [0.15, 0.2) is 0 Å². The fraction of sp³-hybridized carbons (Fsp3) is 0.412. The number of hydrogen-bond acceptors (Lipinski definition) is 4. The minimum Gasteiger partial charge on any atom is -0.489 e. The van der Waals surface area contributed by atoms with E-state index in [1.807, 2.05) is 6.92 Å². The fourth-order valence-electron chi connectivity index (χ4n) is 2.49. The summed E-state index contributed by atoms with van der Waals surface area (Å²) in [5, 5.41) is 2.69. The summed E-state index contributed by atoms with van der Waals surface area (Å²) in [5.41, 5.74) is 7.17. The molecular weight excluding hydrogens is 349 g/mol. The number of likely N-dealkylation sites (N-methyl/N-ethyl adjacent to an activating group) is 1. The number of halogens is 2. The van der Waals surface area contributed by atoms with Crippen molar-refractivity contribution in [3.63, 3.8) is 0 Å². The van der Waals surface area contributed by atoms with Gasteiger partial charge in [0.05, 0.1) is 12.9 Å². The third-order valence-corrected chi connectivity index (χ3v) is 3.79. The smallest absolute Gasteiger partial charge is 0.254 e. The predicted molar refractivity (Wildman–Crippen MR) is 95.7 cm³/mol.